The molecule has 96 valence electrons. The minimum Gasteiger partial charge on any atom is -0.394 e. The van der Waals surface area contributed by atoms with Crippen molar-refractivity contribution in [2.75, 3.05) is 6.61 Å². The summed E-state index contributed by atoms with van der Waals surface area (Å²) in [6, 6.07) is 13.0. The predicted molar refractivity (Wildman–Crippen MR) is 76.7 cm³/mol. The van der Waals surface area contributed by atoms with Crippen LogP contribution in [-0.2, 0) is 6.54 Å². The van der Waals surface area contributed by atoms with Gasteiger partial charge in [0.1, 0.15) is 0 Å². The van der Waals surface area contributed by atoms with Crippen molar-refractivity contribution < 1.29 is 5.11 Å². The number of nitrogens with one attached hydrogen (secondary N) is 1. The van der Waals surface area contributed by atoms with Crippen molar-refractivity contribution in [3.63, 3.8) is 0 Å². The zero-order valence-electron chi connectivity index (χ0n) is 11.3. The van der Waals surface area contributed by atoms with Crippen LogP contribution in [-0.4, -0.2) is 17.3 Å². The van der Waals surface area contributed by atoms with Crippen LogP contribution in [0.25, 0.3) is 10.8 Å². The second-order valence-corrected chi connectivity index (χ2v) is 5.58. The molecule has 0 unspecified atom stereocenters. The lowest BCUT2D eigenvalue weighted by molar-refractivity contribution is 0.187. The van der Waals surface area contributed by atoms with E-state index < -0.39 is 0 Å². The zero-order chi connectivity index (χ0) is 13.2. The molecule has 2 aromatic rings. The highest BCUT2D eigenvalue weighted by atomic mass is 16.3. The smallest absolute Gasteiger partial charge is 0.0607 e. The van der Waals surface area contributed by atoms with E-state index in [2.05, 4.69) is 48.6 Å². The van der Waals surface area contributed by atoms with Gasteiger partial charge < -0.3 is 10.4 Å². The molecule has 0 saturated heterocycles. The van der Waals surface area contributed by atoms with Crippen LogP contribution in [0.1, 0.15) is 25.0 Å². The minimum absolute atomic E-state index is 0.139. The van der Waals surface area contributed by atoms with Gasteiger partial charge in [0.05, 0.1) is 6.61 Å². The van der Waals surface area contributed by atoms with Crippen molar-refractivity contribution in [2.45, 2.75) is 32.9 Å². The van der Waals surface area contributed by atoms with Crippen molar-refractivity contribution in [2.24, 2.45) is 0 Å². The summed E-state index contributed by atoms with van der Waals surface area (Å²) >= 11 is 0. The number of fused-ring (bicyclic) bond motifs is 1. The second-order valence-electron chi connectivity index (χ2n) is 5.58. The van der Waals surface area contributed by atoms with Crippen molar-refractivity contribution in [3.8, 4) is 0 Å². The molecule has 0 bridgehead atoms. The number of aryl methyl sites for hydroxylation is 1. The largest absolute Gasteiger partial charge is 0.394 e. The maximum atomic E-state index is 9.21. The molecule has 0 radical (unpaired) electrons. The summed E-state index contributed by atoms with van der Waals surface area (Å²) in [7, 11) is 0. The highest BCUT2D eigenvalue weighted by Crippen LogP contribution is 2.18. The number of hydrogen-bond donors (Lipinski definition) is 2. The quantitative estimate of drug-likeness (QED) is 0.865. The first-order chi connectivity index (χ1) is 8.50. The Hall–Kier alpha value is -1.38. The number of benzene rings is 2. The summed E-state index contributed by atoms with van der Waals surface area (Å²) in [4.78, 5) is 0. The fraction of sp³-hybridized carbons (Fsp3) is 0.375. The number of rotatable bonds is 4. The molecular formula is C16H21NO. The average molecular weight is 243 g/mol. The lowest BCUT2D eigenvalue weighted by atomic mass is 10.0. The highest BCUT2D eigenvalue weighted by molar-refractivity contribution is 5.83. The molecule has 0 spiro atoms. The van der Waals surface area contributed by atoms with Crippen molar-refractivity contribution in [1.29, 1.82) is 0 Å². The normalized spacial score (nSPS) is 12.0. The van der Waals surface area contributed by atoms with E-state index in [4.69, 9.17) is 0 Å². The van der Waals surface area contributed by atoms with E-state index in [-0.39, 0.29) is 12.1 Å². The zero-order valence-corrected chi connectivity index (χ0v) is 11.3. The Morgan fingerprint density at radius 2 is 1.72 bits per heavy atom. The van der Waals surface area contributed by atoms with Gasteiger partial charge in [-0.15, -0.1) is 0 Å². The summed E-state index contributed by atoms with van der Waals surface area (Å²) in [5.41, 5.74) is 2.30. The van der Waals surface area contributed by atoms with Crippen LogP contribution in [0.15, 0.2) is 36.4 Å². The summed E-state index contributed by atoms with van der Waals surface area (Å²) in [5.74, 6) is 0. The molecule has 2 aromatic carbocycles. The highest BCUT2D eigenvalue weighted by Gasteiger charge is 2.14. The number of aliphatic hydroxyl groups excluding tert-OH is 1. The topological polar surface area (TPSA) is 32.3 Å². The van der Waals surface area contributed by atoms with Crippen molar-refractivity contribution >= 4 is 10.8 Å². The van der Waals surface area contributed by atoms with Gasteiger partial charge in [-0.2, -0.15) is 0 Å². The summed E-state index contributed by atoms with van der Waals surface area (Å²) < 4.78 is 0. The van der Waals surface area contributed by atoms with Gasteiger partial charge in [0.2, 0.25) is 0 Å². The molecular weight excluding hydrogens is 222 g/mol. The van der Waals surface area contributed by atoms with E-state index in [0.29, 0.717) is 0 Å². The molecule has 0 fully saturated rings. The fourth-order valence-corrected chi connectivity index (χ4v) is 1.92. The second kappa shape index (κ2) is 5.09. The van der Waals surface area contributed by atoms with E-state index in [1.54, 1.807) is 0 Å². The molecule has 2 N–H and O–H groups in total. The van der Waals surface area contributed by atoms with Gasteiger partial charge in [0, 0.05) is 12.1 Å². The van der Waals surface area contributed by atoms with Gasteiger partial charge in [-0.3, -0.25) is 0 Å². The first-order valence-corrected chi connectivity index (χ1v) is 6.35. The Morgan fingerprint density at radius 3 is 2.44 bits per heavy atom. The van der Waals surface area contributed by atoms with Crippen LogP contribution in [0, 0.1) is 6.92 Å². The molecule has 0 aliphatic heterocycles. The van der Waals surface area contributed by atoms with Crippen LogP contribution >= 0.6 is 0 Å². The minimum atomic E-state index is -0.234. The third-order valence-electron chi connectivity index (χ3n) is 3.23. The molecule has 18 heavy (non-hydrogen) atoms. The predicted octanol–water partition coefficient (Wildman–Crippen LogP) is 3.01. The molecule has 0 heterocycles. The SMILES string of the molecule is Cc1ccc2cc(CNC(C)(C)CO)ccc2c1. The lowest BCUT2D eigenvalue weighted by Gasteiger charge is -2.23. The van der Waals surface area contributed by atoms with Gasteiger partial charge in [-0.1, -0.05) is 35.9 Å². The molecule has 0 aliphatic carbocycles. The first kappa shape index (κ1) is 13.1. The summed E-state index contributed by atoms with van der Waals surface area (Å²) in [6.07, 6.45) is 0. The molecule has 0 atom stereocenters. The lowest BCUT2D eigenvalue weighted by Crippen LogP contribution is -2.42. The van der Waals surface area contributed by atoms with E-state index in [1.165, 1.54) is 21.9 Å². The van der Waals surface area contributed by atoms with Crippen LogP contribution in [0.2, 0.25) is 0 Å². The number of aliphatic hydroxyl groups is 1. The number of hydrogen-bond acceptors (Lipinski definition) is 2. The van der Waals surface area contributed by atoms with Crippen molar-refractivity contribution in [1.82, 2.24) is 5.32 Å². The molecule has 0 amide bonds. The van der Waals surface area contributed by atoms with Gasteiger partial charge in [-0.25, -0.2) is 0 Å². The van der Waals surface area contributed by atoms with E-state index in [1.807, 2.05) is 13.8 Å². The molecule has 0 aromatic heterocycles. The van der Waals surface area contributed by atoms with E-state index >= 15 is 0 Å². The summed E-state index contributed by atoms with van der Waals surface area (Å²) in [5, 5.41) is 15.1. The van der Waals surface area contributed by atoms with Crippen LogP contribution in [0.3, 0.4) is 0 Å². The van der Waals surface area contributed by atoms with E-state index in [9.17, 15) is 5.11 Å². The van der Waals surface area contributed by atoms with Gasteiger partial charge in [-0.05, 0) is 43.2 Å². The Kier molecular flexibility index (Phi) is 3.69. The maximum Gasteiger partial charge on any atom is 0.0607 e. The molecule has 0 saturated carbocycles. The van der Waals surface area contributed by atoms with Gasteiger partial charge in [0.25, 0.3) is 0 Å². The molecule has 2 heteroatoms. The molecule has 0 aliphatic rings. The molecule has 2 rings (SSSR count). The maximum absolute atomic E-state index is 9.21. The third-order valence-corrected chi connectivity index (χ3v) is 3.23. The standard InChI is InChI=1S/C16H21NO/c1-12-4-6-15-9-13(5-7-14(15)8-12)10-17-16(2,3)11-18/h4-9,17-18H,10-11H2,1-3H3. The Morgan fingerprint density at radius 1 is 1.06 bits per heavy atom. The summed E-state index contributed by atoms with van der Waals surface area (Å²) in [6.45, 7) is 7.02. The Balaban J connectivity index is 2.18. The Labute approximate surface area is 109 Å². The first-order valence-electron chi connectivity index (χ1n) is 6.35. The van der Waals surface area contributed by atoms with Gasteiger partial charge >= 0.3 is 0 Å². The van der Waals surface area contributed by atoms with Gasteiger partial charge in [0.15, 0.2) is 0 Å². The Bertz CT molecular complexity index is 546. The van der Waals surface area contributed by atoms with Crippen LogP contribution in [0.4, 0.5) is 0 Å². The fourth-order valence-electron chi connectivity index (χ4n) is 1.92. The van der Waals surface area contributed by atoms with Crippen LogP contribution < -0.4 is 5.32 Å². The van der Waals surface area contributed by atoms with Crippen LogP contribution in [0.5, 0.6) is 0 Å². The molecule has 2 nitrogen and oxygen atoms in total. The van der Waals surface area contributed by atoms with E-state index in [0.717, 1.165) is 6.54 Å². The monoisotopic (exact) mass is 243 g/mol. The third kappa shape index (κ3) is 3.09. The average Bonchev–Trinajstić information content (AvgIpc) is 2.36. The van der Waals surface area contributed by atoms with Crippen molar-refractivity contribution in [3.05, 3.63) is 47.5 Å².